The summed E-state index contributed by atoms with van der Waals surface area (Å²) in [6.07, 6.45) is 9.70. The first-order valence-corrected chi connectivity index (χ1v) is 7.02. The average molecular weight is 238 g/mol. The second-order valence-electron chi connectivity index (χ2n) is 6.86. The number of hydrogen-bond acceptors (Lipinski definition) is 2. The minimum atomic E-state index is -0.0927. The predicted octanol–water partition coefficient (Wildman–Crippen LogP) is 3.59. The van der Waals surface area contributed by atoms with E-state index in [9.17, 15) is 4.79 Å². The maximum atomic E-state index is 11.7. The second kappa shape index (κ2) is 4.72. The Labute approximate surface area is 105 Å². The Bertz CT molecular complexity index is 285. The third-order valence-corrected chi connectivity index (χ3v) is 5.05. The van der Waals surface area contributed by atoms with Gasteiger partial charge in [0.15, 0.2) is 0 Å². The number of carbonyl (C=O) groups is 1. The van der Waals surface area contributed by atoms with Crippen molar-refractivity contribution in [3.05, 3.63) is 0 Å². The maximum Gasteiger partial charge on any atom is 0.126 e. The van der Waals surface area contributed by atoms with Gasteiger partial charge in [0.1, 0.15) is 6.29 Å². The zero-order valence-electron chi connectivity index (χ0n) is 11.5. The summed E-state index contributed by atoms with van der Waals surface area (Å²) in [6.45, 7) is 4.59. The summed E-state index contributed by atoms with van der Waals surface area (Å²) in [6, 6.07) is 0. The van der Waals surface area contributed by atoms with Gasteiger partial charge in [-0.2, -0.15) is 0 Å². The largest absolute Gasteiger partial charge is 0.381 e. The summed E-state index contributed by atoms with van der Waals surface area (Å²) in [5.74, 6) is 0.459. The van der Waals surface area contributed by atoms with E-state index in [1.54, 1.807) is 0 Å². The number of rotatable bonds is 3. The van der Waals surface area contributed by atoms with Crippen LogP contribution in [0.3, 0.4) is 0 Å². The second-order valence-corrected chi connectivity index (χ2v) is 6.86. The Kier molecular flexibility index (Phi) is 3.63. The van der Waals surface area contributed by atoms with Crippen molar-refractivity contribution in [3.63, 3.8) is 0 Å². The molecule has 17 heavy (non-hydrogen) atoms. The topological polar surface area (TPSA) is 26.3 Å². The molecule has 0 unspecified atom stereocenters. The molecule has 2 fully saturated rings. The predicted molar refractivity (Wildman–Crippen MR) is 68.9 cm³/mol. The van der Waals surface area contributed by atoms with Crippen LogP contribution in [-0.2, 0) is 9.53 Å². The zero-order valence-corrected chi connectivity index (χ0v) is 11.5. The van der Waals surface area contributed by atoms with Gasteiger partial charge >= 0.3 is 0 Å². The molecule has 0 bridgehead atoms. The third kappa shape index (κ3) is 2.42. The van der Waals surface area contributed by atoms with Gasteiger partial charge in [0.05, 0.1) is 6.10 Å². The molecule has 2 heteroatoms. The van der Waals surface area contributed by atoms with E-state index in [1.807, 2.05) is 7.11 Å². The van der Waals surface area contributed by atoms with Crippen LogP contribution in [0.2, 0.25) is 0 Å². The zero-order chi connectivity index (χ0) is 12.5. The molecule has 2 saturated carbocycles. The highest BCUT2D eigenvalue weighted by Crippen LogP contribution is 2.55. The molecule has 2 rings (SSSR count). The molecule has 0 N–H and O–H groups in total. The van der Waals surface area contributed by atoms with Crippen LogP contribution in [0.5, 0.6) is 0 Å². The minimum absolute atomic E-state index is 0.0927. The summed E-state index contributed by atoms with van der Waals surface area (Å²) in [4.78, 5) is 11.7. The number of aldehydes is 1. The Morgan fingerprint density at radius 2 is 1.88 bits per heavy atom. The van der Waals surface area contributed by atoms with Crippen molar-refractivity contribution in [1.29, 1.82) is 0 Å². The van der Waals surface area contributed by atoms with Crippen LogP contribution < -0.4 is 0 Å². The van der Waals surface area contributed by atoms with Gasteiger partial charge in [-0.05, 0) is 43.4 Å². The van der Waals surface area contributed by atoms with Crippen molar-refractivity contribution in [2.24, 2.45) is 16.7 Å². The van der Waals surface area contributed by atoms with Gasteiger partial charge in [-0.15, -0.1) is 0 Å². The van der Waals surface area contributed by atoms with Crippen molar-refractivity contribution in [3.8, 4) is 0 Å². The third-order valence-electron chi connectivity index (χ3n) is 5.05. The highest BCUT2D eigenvalue weighted by Gasteiger charge is 2.50. The maximum absolute atomic E-state index is 11.7. The number of hydrogen-bond donors (Lipinski definition) is 0. The van der Waals surface area contributed by atoms with Crippen LogP contribution in [0.4, 0.5) is 0 Å². The first kappa shape index (κ1) is 13.1. The lowest BCUT2D eigenvalue weighted by molar-refractivity contribution is -0.125. The van der Waals surface area contributed by atoms with Gasteiger partial charge in [-0.25, -0.2) is 0 Å². The molecule has 2 aliphatic rings. The molecule has 0 saturated heterocycles. The fraction of sp³-hybridized carbons (Fsp3) is 0.933. The average Bonchev–Trinajstić information content (AvgIpc) is 2.66. The summed E-state index contributed by atoms with van der Waals surface area (Å²) < 4.78 is 5.65. The van der Waals surface area contributed by atoms with Gasteiger partial charge in [0, 0.05) is 12.5 Å². The van der Waals surface area contributed by atoms with E-state index in [0.717, 1.165) is 19.3 Å². The van der Waals surface area contributed by atoms with E-state index < -0.39 is 0 Å². The molecule has 0 aliphatic heterocycles. The monoisotopic (exact) mass is 238 g/mol. The highest BCUT2D eigenvalue weighted by atomic mass is 16.5. The summed E-state index contributed by atoms with van der Waals surface area (Å²) in [5, 5.41) is 0. The van der Waals surface area contributed by atoms with Gasteiger partial charge in [0.25, 0.3) is 0 Å². The molecule has 98 valence electrons. The summed E-state index contributed by atoms with van der Waals surface area (Å²) in [7, 11) is 1.81. The molecule has 3 atom stereocenters. The van der Waals surface area contributed by atoms with Crippen LogP contribution in [-0.4, -0.2) is 19.5 Å². The fourth-order valence-electron chi connectivity index (χ4n) is 4.18. The number of ether oxygens (including phenoxy) is 1. The van der Waals surface area contributed by atoms with Gasteiger partial charge in [-0.3, -0.25) is 0 Å². The molecular formula is C15H26O2. The first-order valence-electron chi connectivity index (χ1n) is 7.02. The van der Waals surface area contributed by atoms with Gasteiger partial charge < -0.3 is 9.53 Å². The molecule has 0 aromatic carbocycles. The normalized spacial score (nSPS) is 41.4. The Hall–Kier alpha value is -0.370. The van der Waals surface area contributed by atoms with Crippen molar-refractivity contribution >= 4 is 6.29 Å². The van der Waals surface area contributed by atoms with Crippen molar-refractivity contribution in [2.75, 3.05) is 7.11 Å². The molecule has 0 radical (unpaired) electrons. The van der Waals surface area contributed by atoms with Crippen molar-refractivity contribution in [2.45, 2.75) is 64.9 Å². The van der Waals surface area contributed by atoms with Crippen LogP contribution in [0.1, 0.15) is 58.8 Å². The van der Waals surface area contributed by atoms with E-state index in [2.05, 4.69) is 13.8 Å². The standard InChI is InChI=1S/C15H26O2/c1-14(2)8-9-15(10-14,11-16)12-6-4-5-7-13(12)17-3/h11-13H,4-10H2,1-3H3/t12-,13+,15-/m1/s1. The lowest BCUT2D eigenvalue weighted by Crippen LogP contribution is -2.41. The lowest BCUT2D eigenvalue weighted by atomic mass is 9.66. The molecule has 2 aliphatic carbocycles. The first-order chi connectivity index (χ1) is 8.03. The Balaban J connectivity index is 2.19. The lowest BCUT2D eigenvalue weighted by Gasteiger charge is -2.41. The van der Waals surface area contributed by atoms with Crippen LogP contribution >= 0.6 is 0 Å². The molecule has 0 heterocycles. The molecule has 0 amide bonds. The van der Waals surface area contributed by atoms with E-state index in [0.29, 0.717) is 17.4 Å². The minimum Gasteiger partial charge on any atom is -0.381 e. The molecule has 2 nitrogen and oxygen atoms in total. The summed E-state index contributed by atoms with van der Waals surface area (Å²) in [5.41, 5.74) is 0.237. The molecule has 0 aromatic rings. The smallest absolute Gasteiger partial charge is 0.126 e. The number of carbonyl (C=O) groups excluding carboxylic acids is 1. The van der Waals surface area contributed by atoms with Crippen LogP contribution in [0.25, 0.3) is 0 Å². The number of methoxy groups -OCH3 is 1. The van der Waals surface area contributed by atoms with Gasteiger partial charge in [-0.1, -0.05) is 26.7 Å². The van der Waals surface area contributed by atoms with Crippen LogP contribution in [0.15, 0.2) is 0 Å². The highest BCUT2D eigenvalue weighted by molar-refractivity contribution is 5.61. The van der Waals surface area contributed by atoms with E-state index >= 15 is 0 Å². The van der Waals surface area contributed by atoms with E-state index in [4.69, 9.17) is 4.74 Å². The summed E-state index contributed by atoms with van der Waals surface area (Å²) >= 11 is 0. The molecule has 0 aromatic heterocycles. The van der Waals surface area contributed by atoms with E-state index in [1.165, 1.54) is 32.0 Å². The van der Waals surface area contributed by atoms with Gasteiger partial charge in [0.2, 0.25) is 0 Å². The Morgan fingerprint density at radius 3 is 2.41 bits per heavy atom. The van der Waals surface area contributed by atoms with Crippen molar-refractivity contribution in [1.82, 2.24) is 0 Å². The fourth-order valence-corrected chi connectivity index (χ4v) is 4.18. The quantitative estimate of drug-likeness (QED) is 0.702. The molecule has 0 spiro atoms. The van der Waals surface area contributed by atoms with Crippen molar-refractivity contribution < 1.29 is 9.53 Å². The molecular weight excluding hydrogens is 212 g/mol. The van der Waals surface area contributed by atoms with Crippen LogP contribution in [0, 0.1) is 16.7 Å². The van der Waals surface area contributed by atoms with E-state index in [-0.39, 0.29) is 5.41 Å². The Morgan fingerprint density at radius 1 is 1.18 bits per heavy atom. The SMILES string of the molecule is CO[C@H]1CCCC[C@H]1[C@]1(C=O)CCC(C)(C)C1.